The molecule has 0 spiro atoms. The van der Waals surface area contributed by atoms with Gasteiger partial charge in [-0.2, -0.15) is 0 Å². The molecule has 0 bridgehead atoms. The summed E-state index contributed by atoms with van der Waals surface area (Å²) in [5.41, 5.74) is 10.6. The third kappa shape index (κ3) is 3.50. The molecule has 0 aliphatic carbocycles. The highest BCUT2D eigenvalue weighted by molar-refractivity contribution is 5.59. The lowest BCUT2D eigenvalue weighted by Gasteiger charge is -2.25. The van der Waals surface area contributed by atoms with Crippen molar-refractivity contribution in [3.8, 4) is 0 Å². The second-order valence-corrected chi connectivity index (χ2v) is 4.95. The van der Waals surface area contributed by atoms with Gasteiger partial charge in [-0.25, -0.2) is 0 Å². The topological polar surface area (TPSA) is 29.3 Å². The van der Waals surface area contributed by atoms with Crippen LogP contribution in [-0.4, -0.2) is 6.54 Å². The largest absolute Gasteiger partial charge is 0.398 e. The summed E-state index contributed by atoms with van der Waals surface area (Å²) < 4.78 is 0. The highest BCUT2D eigenvalue weighted by atomic mass is 15.1. The van der Waals surface area contributed by atoms with Crippen LogP contribution in [0.2, 0.25) is 0 Å². The van der Waals surface area contributed by atoms with Gasteiger partial charge in [0.25, 0.3) is 0 Å². The lowest BCUT2D eigenvalue weighted by atomic mass is 10.1. The monoisotopic (exact) mass is 254 g/mol. The van der Waals surface area contributed by atoms with Crippen LogP contribution in [0, 0.1) is 6.92 Å². The maximum atomic E-state index is 6.02. The maximum Gasteiger partial charge on any atom is 0.0429 e. The molecule has 0 aliphatic heterocycles. The zero-order valence-electron chi connectivity index (χ0n) is 11.8. The first-order valence-electron chi connectivity index (χ1n) is 6.85. The van der Waals surface area contributed by atoms with Crippen LogP contribution >= 0.6 is 0 Å². The number of nitrogens with zero attached hydrogens (tertiary/aromatic N) is 1. The van der Waals surface area contributed by atoms with E-state index in [2.05, 4.69) is 60.4 Å². The molecule has 0 unspecified atom stereocenters. The second kappa shape index (κ2) is 6.28. The van der Waals surface area contributed by atoms with Gasteiger partial charge in [0.2, 0.25) is 0 Å². The highest BCUT2D eigenvalue weighted by Crippen LogP contribution is 2.22. The fraction of sp³-hybridized carbons (Fsp3) is 0.294. The molecular weight excluding hydrogens is 232 g/mol. The Kier molecular flexibility index (Phi) is 4.45. The predicted molar refractivity (Wildman–Crippen MR) is 83.4 cm³/mol. The lowest BCUT2D eigenvalue weighted by molar-refractivity contribution is 0.767. The van der Waals surface area contributed by atoms with E-state index in [1.807, 2.05) is 6.92 Å². The Morgan fingerprint density at radius 2 is 1.79 bits per heavy atom. The number of benzene rings is 2. The molecule has 2 nitrogen and oxygen atoms in total. The van der Waals surface area contributed by atoms with Crippen LogP contribution in [-0.2, 0) is 6.54 Å². The van der Waals surface area contributed by atoms with E-state index >= 15 is 0 Å². The molecule has 2 N–H and O–H groups in total. The van der Waals surface area contributed by atoms with Crippen molar-refractivity contribution in [2.45, 2.75) is 26.8 Å². The Bertz CT molecular complexity index is 520. The van der Waals surface area contributed by atoms with Crippen LogP contribution in [0.5, 0.6) is 0 Å². The van der Waals surface area contributed by atoms with E-state index in [4.69, 9.17) is 5.73 Å². The van der Waals surface area contributed by atoms with Gasteiger partial charge >= 0.3 is 0 Å². The summed E-state index contributed by atoms with van der Waals surface area (Å²) in [4.78, 5) is 2.38. The summed E-state index contributed by atoms with van der Waals surface area (Å²) >= 11 is 0. The molecule has 0 saturated carbocycles. The van der Waals surface area contributed by atoms with Gasteiger partial charge in [0.05, 0.1) is 0 Å². The van der Waals surface area contributed by atoms with Gasteiger partial charge < -0.3 is 10.6 Å². The molecule has 0 amide bonds. The van der Waals surface area contributed by atoms with E-state index in [0.717, 1.165) is 30.8 Å². The fourth-order valence-corrected chi connectivity index (χ4v) is 2.20. The van der Waals surface area contributed by atoms with Gasteiger partial charge in [0, 0.05) is 24.5 Å². The Hall–Kier alpha value is -1.96. The van der Waals surface area contributed by atoms with E-state index < -0.39 is 0 Å². The molecule has 19 heavy (non-hydrogen) atoms. The summed E-state index contributed by atoms with van der Waals surface area (Å²) in [5, 5.41) is 0. The average molecular weight is 254 g/mol. The van der Waals surface area contributed by atoms with Crippen LogP contribution in [0.1, 0.15) is 24.5 Å². The van der Waals surface area contributed by atoms with Crippen molar-refractivity contribution in [1.82, 2.24) is 0 Å². The Morgan fingerprint density at radius 3 is 2.42 bits per heavy atom. The first kappa shape index (κ1) is 13.5. The second-order valence-electron chi connectivity index (χ2n) is 4.95. The molecule has 0 aromatic heterocycles. The number of rotatable bonds is 5. The summed E-state index contributed by atoms with van der Waals surface area (Å²) in [5.74, 6) is 0. The Balaban J connectivity index is 2.21. The minimum absolute atomic E-state index is 0.867. The zero-order valence-corrected chi connectivity index (χ0v) is 11.8. The number of aryl methyl sites for hydroxylation is 1. The van der Waals surface area contributed by atoms with Crippen molar-refractivity contribution in [1.29, 1.82) is 0 Å². The Morgan fingerprint density at radius 1 is 1.05 bits per heavy atom. The fourth-order valence-electron chi connectivity index (χ4n) is 2.20. The summed E-state index contributed by atoms with van der Waals surface area (Å²) in [6.07, 6.45) is 1.13. The predicted octanol–water partition coefficient (Wildman–Crippen LogP) is 3.99. The van der Waals surface area contributed by atoms with Gasteiger partial charge in [0.1, 0.15) is 0 Å². The summed E-state index contributed by atoms with van der Waals surface area (Å²) in [6.45, 7) is 6.21. The summed E-state index contributed by atoms with van der Waals surface area (Å²) in [7, 11) is 0. The van der Waals surface area contributed by atoms with Crippen molar-refractivity contribution in [2.24, 2.45) is 0 Å². The standard InChI is InChI=1S/C17H22N2/c1-3-11-19(13-15-7-5-4-6-8-15)16-10-9-14(2)17(18)12-16/h4-10,12H,3,11,13,18H2,1-2H3. The van der Waals surface area contributed by atoms with Crippen molar-refractivity contribution in [3.63, 3.8) is 0 Å². The van der Waals surface area contributed by atoms with Gasteiger partial charge in [0.15, 0.2) is 0 Å². The van der Waals surface area contributed by atoms with Gasteiger partial charge in [-0.05, 0) is 36.6 Å². The van der Waals surface area contributed by atoms with Crippen molar-refractivity contribution in [2.75, 3.05) is 17.2 Å². The number of nitrogen functional groups attached to an aromatic ring is 1. The van der Waals surface area contributed by atoms with Gasteiger partial charge in [-0.15, -0.1) is 0 Å². The quantitative estimate of drug-likeness (QED) is 0.817. The molecule has 0 saturated heterocycles. The molecule has 0 heterocycles. The first-order valence-corrected chi connectivity index (χ1v) is 6.85. The normalized spacial score (nSPS) is 10.4. The third-order valence-corrected chi connectivity index (χ3v) is 3.34. The van der Waals surface area contributed by atoms with E-state index in [1.54, 1.807) is 0 Å². The average Bonchev–Trinajstić information content (AvgIpc) is 2.43. The molecule has 2 rings (SSSR count). The van der Waals surface area contributed by atoms with Crippen LogP contribution < -0.4 is 10.6 Å². The van der Waals surface area contributed by atoms with Gasteiger partial charge in [-0.3, -0.25) is 0 Å². The molecule has 0 atom stereocenters. The van der Waals surface area contributed by atoms with Crippen molar-refractivity contribution < 1.29 is 0 Å². The van der Waals surface area contributed by atoms with Crippen LogP contribution in [0.15, 0.2) is 48.5 Å². The molecule has 0 fully saturated rings. The minimum Gasteiger partial charge on any atom is -0.398 e. The van der Waals surface area contributed by atoms with Crippen LogP contribution in [0.3, 0.4) is 0 Å². The van der Waals surface area contributed by atoms with E-state index in [-0.39, 0.29) is 0 Å². The van der Waals surface area contributed by atoms with Crippen LogP contribution in [0.25, 0.3) is 0 Å². The van der Waals surface area contributed by atoms with Crippen LogP contribution in [0.4, 0.5) is 11.4 Å². The number of nitrogens with two attached hydrogens (primary N) is 1. The lowest BCUT2D eigenvalue weighted by Crippen LogP contribution is -2.23. The molecule has 100 valence electrons. The van der Waals surface area contributed by atoms with Crippen molar-refractivity contribution in [3.05, 3.63) is 59.7 Å². The summed E-state index contributed by atoms with van der Waals surface area (Å²) in [6, 6.07) is 16.9. The first-order chi connectivity index (χ1) is 9.20. The zero-order chi connectivity index (χ0) is 13.7. The molecule has 2 aromatic carbocycles. The number of hydrogen-bond donors (Lipinski definition) is 1. The molecule has 2 heteroatoms. The third-order valence-electron chi connectivity index (χ3n) is 3.34. The number of hydrogen-bond acceptors (Lipinski definition) is 2. The highest BCUT2D eigenvalue weighted by Gasteiger charge is 2.07. The van der Waals surface area contributed by atoms with E-state index in [9.17, 15) is 0 Å². The Labute approximate surface area is 115 Å². The maximum absolute atomic E-state index is 6.02. The van der Waals surface area contributed by atoms with E-state index in [1.165, 1.54) is 11.3 Å². The minimum atomic E-state index is 0.867. The number of anilines is 2. The molecule has 0 aliphatic rings. The molecule has 2 aromatic rings. The van der Waals surface area contributed by atoms with E-state index in [0.29, 0.717) is 0 Å². The van der Waals surface area contributed by atoms with Gasteiger partial charge in [-0.1, -0.05) is 43.3 Å². The smallest absolute Gasteiger partial charge is 0.0429 e. The molecular formula is C17H22N2. The van der Waals surface area contributed by atoms with Crippen molar-refractivity contribution >= 4 is 11.4 Å². The molecule has 0 radical (unpaired) electrons. The SMILES string of the molecule is CCCN(Cc1ccccc1)c1ccc(C)c(N)c1.